The lowest BCUT2D eigenvalue weighted by Crippen LogP contribution is -2.37. The Balaban J connectivity index is 1.20. The van der Waals surface area contributed by atoms with Crippen LogP contribution in [-0.2, 0) is 11.3 Å². The number of benzene rings is 2. The maximum atomic E-state index is 12.0. The van der Waals surface area contributed by atoms with Crippen LogP contribution >= 0.6 is 23.1 Å². The van der Waals surface area contributed by atoms with Crippen LogP contribution in [0.25, 0.3) is 21.1 Å². The molecule has 36 heavy (non-hydrogen) atoms. The molecule has 3 N–H and O–H groups in total. The van der Waals surface area contributed by atoms with Gasteiger partial charge in [0.2, 0.25) is 0 Å². The maximum Gasteiger partial charge on any atom is 0.252 e. The van der Waals surface area contributed by atoms with Crippen molar-refractivity contribution in [3.8, 4) is 11.5 Å². The molecule has 1 aliphatic rings. The first-order valence-corrected chi connectivity index (χ1v) is 12.5. The molecule has 1 saturated carbocycles. The molecule has 11 heteroatoms. The summed E-state index contributed by atoms with van der Waals surface area (Å²) in [6.45, 7) is 0.882. The number of amides is 1. The van der Waals surface area contributed by atoms with Gasteiger partial charge in [0.25, 0.3) is 5.91 Å². The van der Waals surface area contributed by atoms with Crippen LogP contribution in [0.15, 0.2) is 61.2 Å². The van der Waals surface area contributed by atoms with Crippen LogP contribution in [-0.4, -0.2) is 42.1 Å². The van der Waals surface area contributed by atoms with Crippen molar-refractivity contribution in [2.24, 2.45) is 0 Å². The minimum atomic E-state index is -1.18. The quantitative estimate of drug-likeness (QED) is 0.267. The number of halogens is 1. The fourth-order valence-corrected chi connectivity index (χ4v) is 4.86. The molecule has 0 atom stereocenters. The van der Waals surface area contributed by atoms with Gasteiger partial charge in [0, 0.05) is 25.0 Å². The van der Waals surface area contributed by atoms with E-state index >= 15 is 0 Å². The highest BCUT2D eigenvalue weighted by Gasteiger charge is 2.47. The SMILES string of the molecule is O=C(NCCn1ccc2ncnc(Nc3ccc(Oc4cccc5sncc45)c(Cl)c3)c21)C1(O)CC1. The minimum absolute atomic E-state index is 0.322. The molecule has 6 rings (SSSR count). The number of carbonyl (C=O) groups is 1. The van der Waals surface area contributed by atoms with E-state index in [0.717, 1.165) is 26.8 Å². The number of aromatic nitrogens is 4. The van der Waals surface area contributed by atoms with E-state index in [1.54, 1.807) is 18.3 Å². The third-order valence-electron chi connectivity index (χ3n) is 6.11. The number of rotatable bonds is 8. The number of carbonyl (C=O) groups excluding carboxylic acids is 1. The number of hydrogen-bond acceptors (Lipinski definition) is 8. The van der Waals surface area contributed by atoms with Crippen LogP contribution < -0.4 is 15.4 Å². The Morgan fingerprint density at radius 3 is 2.92 bits per heavy atom. The van der Waals surface area contributed by atoms with E-state index in [0.29, 0.717) is 48.3 Å². The standard InChI is InChI=1S/C25H21ClN6O3S/c26-17-12-15(4-5-20(17)35-19-2-1-3-21-16(19)13-30-36-21)31-23-22-18(28-14-29-23)6-10-32(22)11-9-27-24(33)25(34)7-8-25/h1-6,10,12-14,34H,7-9,11H2,(H,27,33)(H,28,29,31). The summed E-state index contributed by atoms with van der Waals surface area (Å²) >= 11 is 7.98. The molecule has 0 saturated heterocycles. The molecule has 0 spiro atoms. The monoisotopic (exact) mass is 520 g/mol. The van der Waals surface area contributed by atoms with Crippen molar-refractivity contribution in [3.05, 3.63) is 66.2 Å². The number of anilines is 2. The van der Waals surface area contributed by atoms with Crippen LogP contribution in [0.5, 0.6) is 11.5 Å². The molecule has 0 bridgehead atoms. The second kappa shape index (κ2) is 9.05. The molecule has 0 radical (unpaired) electrons. The Hall–Kier alpha value is -3.73. The summed E-state index contributed by atoms with van der Waals surface area (Å²) in [6, 6.07) is 13.1. The van der Waals surface area contributed by atoms with Crippen molar-refractivity contribution in [1.29, 1.82) is 0 Å². The third-order valence-corrected chi connectivity index (χ3v) is 7.17. The van der Waals surface area contributed by atoms with Gasteiger partial charge in [-0.15, -0.1) is 0 Å². The Morgan fingerprint density at radius 1 is 1.19 bits per heavy atom. The van der Waals surface area contributed by atoms with E-state index in [4.69, 9.17) is 16.3 Å². The Labute approximate surface area is 214 Å². The molecule has 2 aromatic carbocycles. The average molecular weight is 521 g/mol. The van der Waals surface area contributed by atoms with Crippen LogP contribution in [0.4, 0.5) is 11.5 Å². The van der Waals surface area contributed by atoms with Gasteiger partial charge in [-0.1, -0.05) is 17.7 Å². The lowest BCUT2D eigenvalue weighted by molar-refractivity contribution is -0.131. The van der Waals surface area contributed by atoms with Gasteiger partial charge in [-0.25, -0.2) is 9.97 Å². The molecule has 3 heterocycles. The Bertz CT molecular complexity index is 1600. The van der Waals surface area contributed by atoms with Gasteiger partial charge in [-0.05, 0) is 60.8 Å². The number of fused-ring (bicyclic) bond motifs is 2. The van der Waals surface area contributed by atoms with Crippen LogP contribution in [0.1, 0.15) is 12.8 Å². The molecule has 9 nitrogen and oxygen atoms in total. The Morgan fingerprint density at radius 2 is 2.08 bits per heavy atom. The number of nitrogens with one attached hydrogen (secondary N) is 2. The summed E-state index contributed by atoms with van der Waals surface area (Å²) in [6.07, 6.45) is 6.20. The molecule has 3 aromatic heterocycles. The lowest BCUT2D eigenvalue weighted by atomic mass is 10.2. The van der Waals surface area contributed by atoms with Crippen molar-refractivity contribution >= 4 is 61.7 Å². The number of ether oxygens (including phenoxy) is 1. The molecule has 182 valence electrons. The summed E-state index contributed by atoms with van der Waals surface area (Å²) < 4.78 is 13.3. The zero-order valence-electron chi connectivity index (χ0n) is 18.9. The topological polar surface area (TPSA) is 114 Å². The largest absolute Gasteiger partial charge is 0.455 e. The lowest BCUT2D eigenvalue weighted by Gasteiger charge is -2.13. The zero-order chi connectivity index (χ0) is 24.7. The molecular formula is C25H21ClN6O3S. The zero-order valence-corrected chi connectivity index (χ0v) is 20.5. The summed E-state index contributed by atoms with van der Waals surface area (Å²) in [5.41, 5.74) is 1.12. The second-order valence-electron chi connectivity index (χ2n) is 8.62. The molecule has 1 fully saturated rings. The third kappa shape index (κ3) is 4.34. The summed E-state index contributed by atoms with van der Waals surface area (Å²) in [5, 5.41) is 17.4. The van der Waals surface area contributed by atoms with Gasteiger partial charge < -0.3 is 25.0 Å². The fraction of sp³-hybridized carbons (Fsp3) is 0.200. The normalized spacial score (nSPS) is 14.2. The number of hydrogen-bond donors (Lipinski definition) is 3. The van der Waals surface area contributed by atoms with Gasteiger partial charge in [0.05, 0.1) is 26.8 Å². The van der Waals surface area contributed by atoms with E-state index in [9.17, 15) is 9.90 Å². The first-order valence-electron chi connectivity index (χ1n) is 11.4. The summed E-state index contributed by atoms with van der Waals surface area (Å²) in [4.78, 5) is 20.8. The molecule has 1 amide bonds. The van der Waals surface area contributed by atoms with E-state index in [2.05, 4.69) is 25.0 Å². The fourth-order valence-electron chi connectivity index (χ4n) is 3.98. The first-order chi connectivity index (χ1) is 17.5. The van der Waals surface area contributed by atoms with Crippen molar-refractivity contribution in [3.63, 3.8) is 0 Å². The van der Waals surface area contributed by atoms with Crippen molar-refractivity contribution in [2.75, 3.05) is 11.9 Å². The predicted octanol–water partition coefficient (Wildman–Crippen LogP) is 4.87. The van der Waals surface area contributed by atoms with Gasteiger partial charge >= 0.3 is 0 Å². The summed E-state index contributed by atoms with van der Waals surface area (Å²) in [7, 11) is 0. The van der Waals surface area contributed by atoms with Crippen molar-refractivity contribution < 1.29 is 14.6 Å². The summed E-state index contributed by atoms with van der Waals surface area (Å²) in [5.74, 6) is 1.51. The molecule has 1 aliphatic carbocycles. The van der Waals surface area contributed by atoms with Crippen LogP contribution in [0, 0.1) is 0 Å². The Kier molecular flexibility index (Phi) is 5.71. The van der Waals surface area contributed by atoms with E-state index < -0.39 is 5.60 Å². The van der Waals surface area contributed by atoms with Gasteiger partial charge in [0.15, 0.2) is 5.82 Å². The highest BCUT2D eigenvalue weighted by molar-refractivity contribution is 7.13. The van der Waals surface area contributed by atoms with Crippen molar-refractivity contribution in [2.45, 2.75) is 25.0 Å². The smallest absolute Gasteiger partial charge is 0.252 e. The van der Waals surface area contributed by atoms with Crippen molar-refractivity contribution in [1.82, 2.24) is 24.2 Å². The highest BCUT2D eigenvalue weighted by atomic mass is 35.5. The number of aliphatic hydroxyl groups is 1. The first kappa shape index (κ1) is 22.7. The minimum Gasteiger partial charge on any atom is -0.455 e. The maximum absolute atomic E-state index is 12.0. The molecule has 0 unspecified atom stereocenters. The van der Waals surface area contributed by atoms with E-state index in [-0.39, 0.29) is 5.91 Å². The van der Waals surface area contributed by atoms with Gasteiger partial charge in [0.1, 0.15) is 28.9 Å². The van der Waals surface area contributed by atoms with Gasteiger partial charge in [-0.2, -0.15) is 4.37 Å². The van der Waals surface area contributed by atoms with E-state index in [1.807, 2.05) is 41.1 Å². The van der Waals surface area contributed by atoms with E-state index in [1.165, 1.54) is 17.9 Å². The average Bonchev–Trinajstić information content (AvgIpc) is 3.27. The second-order valence-corrected chi connectivity index (χ2v) is 9.86. The van der Waals surface area contributed by atoms with Crippen LogP contribution in [0.3, 0.4) is 0 Å². The van der Waals surface area contributed by atoms with Gasteiger partial charge in [-0.3, -0.25) is 4.79 Å². The molecule has 0 aliphatic heterocycles. The molecular weight excluding hydrogens is 500 g/mol. The van der Waals surface area contributed by atoms with Crippen LogP contribution in [0.2, 0.25) is 5.02 Å². The predicted molar refractivity (Wildman–Crippen MR) is 139 cm³/mol. The molecule has 5 aromatic rings. The number of nitrogens with zero attached hydrogens (tertiary/aromatic N) is 4. The highest BCUT2D eigenvalue weighted by Crippen LogP contribution is 2.37.